The summed E-state index contributed by atoms with van der Waals surface area (Å²) in [5.74, 6) is -0.163. The predicted octanol–water partition coefficient (Wildman–Crippen LogP) is 3.22. The maximum atomic E-state index is 11.0. The van der Waals surface area contributed by atoms with Gasteiger partial charge in [-0.25, -0.2) is 0 Å². The molecular weight excluding hydrogens is 176 g/mol. The van der Waals surface area contributed by atoms with Crippen LogP contribution in [0.5, 0.6) is 0 Å². The molecule has 14 heavy (non-hydrogen) atoms. The molecule has 1 fully saturated rings. The molecule has 1 saturated carbocycles. The zero-order valence-corrected chi connectivity index (χ0v) is 9.43. The fourth-order valence-corrected chi connectivity index (χ4v) is 2.24. The Morgan fingerprint density at radius 2 is 1.71 bits per heavy atom. The van der Waals surface area contributed by atoms with Gasteiger partial charge in [0, 0.05) is 6.92 Å². The molecule has 2 nitrogen and oxygen atoms in total. The summed E-state index contributed by atoms with van der Waals surface area (Å²) in [5, 5.41) is 0. The number of hydrogen-bond acceptors (Lipinski definition) is 2. The van der Waals surface area contributed by atoms with E-state index >= 15 is 0 Å². The highest BCUT2D eigenvalue weighted by Gasteiger charge is 2.32. The molecule has 0 heterocycles. The van der Waals surface area contributed by atoms with Crippen LogP contribution in [0.1, 0.15) is 52.9 Å². The van der Waals surface area contributed by atoms with Gasteiger partial charge in [-0.3, -0.25) is 4.79 Å². The molecule has 1 rings (SSSR count). The normalized spacial score (nSPS) is 19.9. The maximum Gasteiger partial charge on any atom is 0.303 e. The molecule has 0 aliphatic heterocycles. The molecule has 0 amide bonds. The molecule has 2 heteroatoms. The van der Waals surface area contributed by atoms with Crippen LogP contribution in [0.2, 0.25) is 0 Å². The van der Waals surface area contributed by atoms with Gasteiger partial charge < -0.3 is 4.74 Å². The second kappa shape index (κ2) is 4.63. The van der Waals surface area contributed by atoms with Crippen molar-refractivity contribution in [3.63, 3.8) is 0 Å². The summed E-state index contributed by atoms with van der Waals surface area (Å²) in [7, 11) is 0. The van der Waals surface area contributed by atoms with Crippen LogP contribution in [0.15, 0.2) is 11.6 Å². The van der Waals surface area contributed by atoms with Gasteiger partial charge in [0.1, 0.15) is 5.60 Å². The lowest BCUT2D eigenvalue weighted by molar-refractivity contribution is -0.154. The van der Waals surface area contributed by atoms with Gasteiger partial charge in [0.15, 0.2) is 0 Å². The summed E-state index contributed by atoms with van der Waals surface area (Å²) in [6, 6.07) is 0. The highest BCUT2D eigenvalue weighted by molar-refractivity contribution is 5.66. The van der Waals surface area contributed by atoms with Gasteiger partial charge in [-0.1, -0.05) is 12.0 Å². The fraction of sp³-hybridized carbons (Fsp3) is 0.750. The van der Waals surface area contributed by atoms with Crippen molar-refractivity contribution in [3.05, 3.63) is 11.6 Å². The van der Waals surface area contributed by atoms with Crippen molar-refractivity contribution in [1.82, 2.24) is 0 Å². The zero-order valence-electron chi connectivity index (χ0n) is 9.43. The van der Waals surface area contributed by atoms with Crippen LogP contribution in [-0.4, -0.2) is 11.6 Å². The number of rotatable bonds is 2. The van der Waals surface area contributed by atoms with Crippen LogP contribution in [0.25, 0.3) is 0 Å². The Bertz CT molecular complexity index is 231. The predicted molar refractivity (Wildman–Crippen MR) is 57.0 cm³/mol. The zero-order chi connectivity index (χ0) is 10.6. The Hall–Kier alpha value is -0.790. The molecule has 1 aliphatic carbocycles. The van der Waals surface area contributed by atoms with Gasteiger partial charge in [-0.15, -0.1) is 0 Å². The molecule has 80 valence electrons. The van der Waals surface area contributed by atoms with E-state index in [4.69, 9.17) is 4.74 Å². The molecule has 0 aromatic carbocycles. The Labute approximate surface area is 86.3 Å². The third-order valence-corrected chi connectivity index (χ3v) is 2.60. The number of allylic oxidation sites excluding steroid dienone is 1. The quantitative estimate of drug-likeness (QED) is 0.500. The van der Waals surface area contributed by atoms with Gasteiger partial charge in [-0.05, 0) is 45.6 Å². The van der Waals surface area contributed by atoms with Gasteiger partial charge in [0.25, 0.3) is 0 Å². The minimum absolute atomic E-state index is 0.163. The van der Waals surface area contributed by atoms with Crippen molar-refractivity contribution >= 4 is 5.97 Å². The lowest BCUT2D eigenvalue weighted by Crippen LogP contribution is -2.34. The smallest absolute Gasteiger partial charge is 0.303 e. The van der Waals surface area contributed by atoms with E-state index in [0.29, 0.717) is 0 Å². The summed E-state index contributed by atoms with van der Waals surface area (Å²) < 4.78 is 5.47. The van der Waals surface area contributed by atoms with E-state index in [9.17, 15) is 4.79 Å². The van der Waals surface area contributed by atoms with Gasteiger partial charge in [-0.2, -0.15) is 0 Å². The molecule has 0 N–H and O–H groups in total. The first-order valence-electron chi connectivity index (χ1n) is 5.40. The van der Waals surface area contributed by atoms with Crippen molar-refractivity contribution in [2.45, 2.75) is 58.5 Å². The number of esters is 1. The van der Waals surface area contributed by atoms with Crippen LogP contribution >= 0.6 is 0 Å². The van der Waals surface area contributed by atoms with E-state index < -0.39 is 0 Å². The summed E-state index contributed by atoms with van der Waals surface area (Å²) in [6.07, 6.45) is 7.68. The third-order valence-electron chi connectivity index (χ3n) is 2.60. The summed E-state index contributed by atoms with van der Waals surface area (Å²) in [6.45, 7) is 5.61. The second-order valence-corrected chi connectivity index (χ2v) is 4.44. The molecule has 0 atom stereocenters. The van der Waals surface area contributed by atoms with Crippen molar-refractivity contribution in [2.24, 2.45) is 0 Å². The molecule has 0 radical (unpaired) electrons. The number of ether oxygens (including phenoxy) is 1. The Morgan fingerprint density at radius 1 is 1.14 bits per heavy atom. The lowest BCUT2D eigenvalue weighted by Gasteiger charge is -2.34. The minimum Gasteiger partial charge on any atom is -0.455 e. The van der Waals surface area contributed by atoms with Crippen molar-refractivity contribution < 1.29 is 9.53 Å². The largest absolute Gasteiger partial charge is 0.455 e. The standard InChI is InChI=1S/C12H20O2/c1-10(2)9-12(14-11(3)13)7-5-4-6-8-12/h9H,4-8H2,1-3H3. The Kier molecular flexibility index (Phi) is 3.73. The average Bonchev–Trinajstić information content (AvgIpc) is 2.01. The third kappa shape index (κ3) is 3.17. The first-order chi connectivity index (χ1) is 6.54. The first kappa shape index (κ1) is 11.3. The molecular formula is C12H20O2. The number of hydrogen-bond donors (Lipinski definition) is 0. The number of carbonyl (C=O) groups excluding carboxylic acids is 1. The van der Waals surface area contributed by atoms with E-state index in [1.165, 1.54) is 18.9 Å². The van der Waals surface area contributed by atoms with Crippen LogP contribution in [0, 0.1) is 0 Å². The Balaban J connectivity index is 2.77. The van der Waals surface area contributed by atoms with Gasteiger partial charge >= 0.3 is 5.97 Å². The summed E-state index contributed by atoms with van der Waals surface area (Å²) >= 11 is 0. The van der Waals surface area contributed by atoms with E-state index in [1.807, 2.05) is 0 Å². The molecule has 0 aromatic heterocycles. The number of carbonyl (C=O) groups is 1. The van der Waals surface area contributed by atoms with Crippen LogP contribution in [-0.2, 0) is 9.53 Å². The summed E-state index contributed by atoms with van der Waals surface area (Å²) in [4.78, 5) is 11.0. The van der Waals surface area contributed by atoms with Crippen LogP contribution < -0.4 is 0 Å². The minimum atomic E-state index is -0.289. The van der Waals surface area contributed by atoms with Crippen LogP contribution in [0.3, 0.4) is 0 Å². The van der Waals surface area contributed by atoms with E-state index in [-0.39, 0.29) is 11.6 Å². The van der Waals surface area contributed by atoms with E-state index in [2.05, 4.69) is 19.9 Å². The molecule has 0 unspecified atom stereocenters. The van der Waals surface area contributed by atoms with Gasteiger partial charge in [0.2, 0.25) is 0 Å². The molecule has 0 bridgehead atoms. The fourth-order valence-electron chi connectivity index (χ4n) is 2.24. The Morgan fingerprint density at radius 3 is 2.14 bits per heavy atom. The molecule has 0 aromatic rings. The second-order valence-electron chi connectivity index (χ2n) is 4.44. The summed E-state index contributed by atoms with van der Waals surface area (Å²) in [5.41, 5.74) is 0.941. The molecule has 0 spiro atoms. The van der Waals surface area contributed by atoms with E-state index in [1.54, 1.807) is 0 Å². The van der Waals surface area contributed by atoms with E-state index in [0.717, 1.165) is 25.7 Å². The van der Waals surface area contributed by atoms with Crippen molar-refractivity contribution in [2.75, 3.05) is 0 Å². The van der Waals surface area contributed by atoms with Crippen LogP contribution in [0.4, 0.5) is 0 Å². The molecule has 0 saturated heterocycles. The van der Waals surface area contributed by atoms with Crippen molar-refractivity contribution in [1.29, 1.82) is 0 Å². The SMILES string of the molecule is CC(=O)OC1(C=C(C)C)CCCCC1. The topological polar surface area (TPSA) is 26.3 Å². The highest BCUT2D eigenvalue weighted by Crippen LogP contribution is 2.33. The maximum absolute atomic E-state index is 11.0. The average molecular weight is 196 g/mol. The van der Waals surface area contributed by atoms with Gasteiger partial charge in [0.05, 0.1) is 0 Å². The monoisotopic (exact) mass is 196 g/mol. The lowest BCUT2D eigenvalue weighted by atomic mass is 9.83. The van der Waals surface area contributed by atoms with Crippen molar-refractivity contribution in [3.8, 4) is 0 Å². The first-order valence-corrected chi connectivity index (χ1v) is 5.40. The molecule has 1 aliphatic rings. The highest BCUT2D eigenvalue weighted by atomic mass is 16.6.